The molecule has 668 valence electrons. The number of carbonyl (C=O) groups excluding carboxylic acids is 9. The highest BCUT2D eigenvalue weighted by molar-refractivity contribution is 6.32. The minimum absolute atomic E-state index is 0.00855. The fourth-order valence-corrected chi connectivity index (χ4v) is 15.5. The molecule has 7 aromatic carbocycles. The van der Waals surface area contributed by atoms with E-state index in [-0.39, 0.29) is 59.0 Å². The van der Waals surface area contributed by atoms with Crippen molar-refractivity contribution in [1.82, 2.24) is 53.0 Å². The molecule has 42 heteroatoms. The molecule has 21 N–H and O–H groups in total. The zero-order chi connectivity index (χ0) is 90.7. The Hall–Kier alpha value is -11.7. The number of carbonyl (C=O) groups is 9. The van der Waals surface area contributed by atoms with Gasteiger partial charge in [0.1, 0.15) is 101 Å². The van der Waals surface area contributed by atoms with E-state index in [2.05, 4.69) is 58.0 Å². The van der Waals surface area contributed by atoms with Crippen LogP contribution in [0.25, 0.3) is 11.1 Å². The summed E-state index contributed by atoms with van der Waals surface area (Å²) in [6, 6.07) is 10.3. The van der Waals surface area contributed by atoms with Crippen molar-refractivity contribution in [3.63, 3.8) is 0 Å². The van der Waals surface area contributed by atoms with Gasteiger partial charge in [-0.15, -0.1) is 13.2 Å². The smallest absolute Gasteiger partial charge is 0.508 e. The molecule has 2 saturated heterocycles. The highest BCUT2D eigenvalue weighted by Crippen LogP contribution is 2.50. The van der Waals surface area contributed by atoms with Crippen molar-refractivity contribution in [2.75, 3.05) is 33.1 Å². The van der Waals surface area contributed by atoms with Crippen molar-refractivity contribution >= 4 is 82.1 Å². The van der Waals surface area contributed by atoms with Gasteiger partial charge in [0.15, 0.2) is 23.9 Å². The number of amides is 9. The molecule has 37 nitrogen and oxygen atoms in total. The number of likely N-dealkylation sites (N-methyl/N-ethyl adjacent to an activating group) is 1. The molecule has 7 aliphatic heterocycles. The Bertz CT molecular complexity index is 5280. The van der Waals surface area contributed by atoms with Gasteiger partial charge in [-0.05, 0) is 158 Å². The number of ether oxygens (including phenoxy) is 7. The number of benzene rings is 7. The van der Waals surface area contributed by atoms with Crippen LogP contribution in [-0.2, 0) is 59.1 Å². The molecule has 0 unspecified atom stereocenters. The molecule has 125 heavy (non-hydrogen) atoms. The molecule has 7 aromatic rings. The lowest BCUT2D eigenvalue weighted by molar-refractivity contribution is -0.334. The molecule has 0 aromatic heterocycles. The highest BCUT2D eigenvalue weighted by atomic mass is 35.5. The van der Waals surface area contributed by atoms with Crippen LogP contribution in [0.1, 0.15) is 121 Å². The zero-order valence-corrected chi connectivity index (χ0v) is 69.0. The van der Waals surface area contributed by atoms with E-state index in [4.69, 9.17) is 57.4 Å². The zero-order valence-electron chi connectivity index (χ0n) is 67.5. The van der Waals surface area contributed by atoms with E-state index in [1.54, 1.807) is 31.2 Å². The Balaban J connectivity index is 1.01. The number of aliphatic hydroxyl groups excluding tert-OH is 6. The predicted molar refractivity (Wildman–Crippen MR) is 434 cm³/mol. The number of phenols is 3. The maximum atomic E-state index is 16.3. The van der Waals surface area contributed by atoms with Gasteiger partial charge in [-0.2, -0.15) is 0 Å². The number of rotatable bonds is 20. The van der Waals surface area contributed by atoms with Gasteiger partial charge in [0.25, 0.3) is 11.8 Å². The number of anilines is 1. The second-order valence-corrected chi connectivity index (χ2v) is 32.1. The Morgan fingerprint density at radius 2 is 1.34 bits per heavy atom. The predicted octanol–water partition coefficient (Wildman–Crippen LogP) is 3.60. The van der Waals surface area contributed by atoms with Crippen molar-refractivity contribution in [3.8, 4) is 62.9 Å². The Morgan fingerprint density at radius 1 is 0.704 bits per heavy atom. The summed E-state index contributed by atoms with van der Waals surface area (Å²) < 4.78 is 82.0. The number of fused-ring (bicyclic) bond motifs is 15. The lowest BCUT2D eigenvalue weighted by Gasteiger charge is -2.48. The number of hydrogen-bond donors (Lipinski definition) is 20. The van der Waals surface area contributed by atoms with Crippen LogP contribution >= 0.6 is 23.2 Å². The van der Waals surface area contributed by atoms with Gasteiger partial charge in [0.05, 0.1) is 41.3 Å². The number of hydrazine groups is 1. The summed E-state index contributed by atoms with van der Waals surface area (Å²) in [6.07, 6.45) is -24.6. The molecule has 11 bridgehead atoms. The van der Waals surface area contributed by atoms with E-state index in [9.17, 15) is 78.3 Å². The van der Waals surface area contributed by atoms with Crippen LogP contribution in [0.15, 0.2) is 127 Å². The third-order valence-electron chi connectivity index (χ3n) is 21.3. The summed E-state index contributed by atoms with van der Waals surface area (Å²) >= 11 is 14.4. The normalized spacial score (nSPS) is 26.1. The summed E-state index contributed by atoms with van der Waals surface area (Å²) in [7, 11) is 4.27. The SMILES string of the molecule is CN[C@H](CC(C)C)C(=O)N[C@H]1C(=O)N[C@@H](CC(N)=O)C(=O)N[C@H]2C(=O)N[C@H]3C(=O)N[C@H](C(=O)N[C@@H](C(=O)NN(C)C)c4cc(O)cc(O)c4-c4cc3ccc4O)[C@H](O)c3ccc(c(Cl)c3)Oc3cc2cc(c3O[C@@H]2O[C@H](CO)[C@@H](O)[C@H](O)[C@H]2O[C@H]2C[C@](C)(NCc3cccc(NC(=O)c4ccc(OC(F)(F)F)cc4)c3)[C@H](O)[C@H](C)O2)Oc2ccc(cc2Cl)[C@H]1O. The molecule has 0 radical (unpaired) electrons. The van der Waals surface area contributed by atoms with Crippen molar-refractivity contribution in [3.05, 3.63) is 176 Å². The van der Waals surface area contributed by atoms with E-state index in [1.807, 2.05) is 13.8 Å². The molecule has 0 aliphatic carbocycles. The van der Waals surface area contributed by atoms with E-state index in [0.717, 1.165) is 91.0 Å². The van der Waals surface area contributed by atoms with Crippen molar-refractivity contribution in [2.24, 2.45) is 11.7 Å². The number of phenolic OH excluding ortho intramolecular Hbond substituents is 3. The number of aromatic hydroxyl groups is 3. The summed E-state index contributed by atoms with van der Waals surface area (Å²) in [6.45, 7) is 5.65. The minimum atomic E-state index is -4.97. The first kappa shape index (κ1) is 92.4. The molecule has 2 fully saturated rings. The number of nitrogens with two attached hydrogens (primary N) is 1. The van der Waals surface area contributed by atoms with Crippen LogP contribution in [-0.4, -0.2) is 217 Å². The van der Waals surface area contributed by atoms with E-state index in [1.165, 1.54) is 45.2 Å². The Morgan fingerprint density at radius 3 is 1.95 bits per heavy atom. The first-order chi connectivity index (χ1) is 59.1. The molecule has 9 amide bonds. The van der Waals surface area contributed by atoms with Crippen LogP contribution in [0.2, 0.25) is 10.0 Å². The molecular weight excluding hydrogens is 1690 g/mol. The average molecular weight is 1780 g/mol. The lowest BCUT2D eigenvalue weighted by Crippen LogP contribution is -2.65. The maximum absolute atomic E-state index is 16.3. The Kier molecular flexibility index (Phi) is 28.4. The minimum Gasteiger partial charge on any atom is -0.508 e. The average Bonchev–Trinajstić information content (AvgIpc) is 0.763. The van der Waals surface area contributed by atoms with Gasteiger partial charge in [0, 0.05) is 61.0 Å². The molecule has 7 aliphatic rings. The van der Waals surface area contributed by atoms with Gasteiger partial charge in [-0.3, -0.25) is 48.6 Å². The molecular formula is C83H91Cl2F3N12O25. The molecule has 18 atom stereocenters. The number of primary amides is 1. The van der Waals surface area contributed by atoms with E-state index in [0.29, 0.717) is 5.56 Å². The van der Waals surface area contributed by atoms with Gasteiger partial charge in [-0.1, -0.05) is 67.4 Å². The van der Waals surface area contributed by atoms with Crippen LogP contribution in [0.5, 0.6) is 51.7 Å². The largest absolute Gasteiger partial charge is 0.573 e. The van der Waals surface area contributed by atoms with Gasteiger partial charge in [-0.25, -0.2) is 5.01 Å². The van der Waals surface area contributed by atoms with E-state index < -0.39 is 260 Å². The number of alkyl halides is 3. The third kappa shape index (κ3) is 21.3. The van der Waals surface area contributed by atoms with Crippen molar-refractivity contribution < 1.29 is 135 Å². The fourth-order valence-electron chi connectivity index (χ4n) is 15.0. The van der Waals surface area contributed by atoms with Crippen LogP contribution < -0.4 is 78.0 Å². The van der Waals surface area contributed by atoms with Gasteiger partial charge in [0.2, 0.25) is 53.4 Å². The molecule has 14 rings (SSSR count). The summed E-state index contributed by atoms with van der Waals surface area (Å²) in [5, 5.41) is 131. The molecule has 0 spiro atoms. The first-order valence-corrected chi connectivity index (χ1v) is 39.8. The fraction of sp³-hybridized carbons (Fsp3) is 0.386. The maximum Gasteiger partial charge on any atom is 0.573 e. The first-order valence-electron chi connectivity index (χ1n) is 39.0. The summed E-state index contributed by atoms with van der Waals surface area (Å²) in [5.41, 5.74) is 5.06. The van der Waals surface area contributed by atoms with Crippen molar-refractivity contribution in [2.45, 2.75) is 169 Å². The van der Waals surface area contributed by atoms with Crippen LogP contribution in [0.4, 0.5) is 18.9 Å². The van der Waals surface area contributed by atoms with Gasteiger partial charge < -0.3 is 133 Å². The summed E-state index contributed by atoms with van der Waals surface area (Å²) in [4.78, 5) is 133. The molecule has 7 heterocycles. The number of nitrogens with zero attached hydrogens (tertiary/aromatic N) is 1. The topological polar surface area (TPSA) is 550 Å². The summed E-state index contributed by atoms with van der Waals surface area (Å²) in [5.74, 6) is -16.5. The van der Waals surface area contributed by atoms with Crippen LogP contribution in [0, 0.1) is 5.92 Å². The number of hydrogen-bond acceptors (Lipinski definition) is 28. The highest BCUT2D eigenvalue weighted by Gasteiger charge is 2.53. The standard InChI is InChI=1S/C83H91Cl2F3N12O25/c1-34(2)21-49(90-5)74(112)97-64-66(106)39-14-19-53(47(84)24-39)120-55-26-41-27-56(70(55)124-81-71(69(109)68(108)57(33-101)122-81)123-59-31-82(4,72(110)35(3)119-59)91-32-36-9-8-10-42(22-36)92-73(111)37-11-16-44(17-12-37)125-83(86,87)88)121-54-20-15-40(25-48(54)85)67(107)65-79(117)96-63(80(118)99-100(6)7)46-28-43(102)29-52(104)60(46)45-23-38(13-18-51(45)103)61(76(114)98-65)95-77(115)62(41)94-75(113)50(30-58(89)105)93-78(64)116/h8-20,22-29,34-35,49-50,57,59,61-69,71-72,81,90-91,101-104,106-110H,21,30-33H2,1-7H3,(H2,89,105)(H,92,111)(H,93,116)(H,94,113)(H,95,115)(H,96,117)(H,97,112)(H,98,114)(H,99,118)/t35-,49+,50-,57+,59-,61+,62+,63+,64+,65-,66+,67+,68+,69-,71+,72+,81-,82-/m0/s1. The lowest BCUT2D eigenvalue weighted by atomic mass is 9.84. The number of nitrogens with one attached hydrogen (secondary N) is 10. The van der Waals surface area contributed by atoms with E-state index >= 15 is 24.0 Å². The number of aliphatic hydroxyl groups is 6. The second kappa shape index (κ2) is 38.4. The second-order valence-electron chi connectivity index (χ2n) is 31.2. The van der Waals surface area contributed by atoms with Crippen molar-refractivity contribution in [1.29, 1.82) is 0 Å². The molecule has 0 saturated carbocycles. The number of halogens is 5. The third-order valence-corrected chi connectivity index (χ3v) is 21.9. The quantitative estimate of drug-likeness (QED) is 0.0485. The Labute approximate surface area is 720 Å². The van der Waals surface area contributed by atoms with Crippen LogP contribution in [0.3, 0.4) is 0 Å². The monoisotopic (exact) mass is 1780 g/mol. The van der Waals surface area contributed by atoms with Gasteiger partial charge >= 0.3 is 6.36 Å².